The maximum atomic E-state index is 13.0. The van der Waals surface area contributed by atoms with Crippen LogP contribution in [0.5, 0.6) is 0 Å². The Balaban J connectivity index is 1.38. The molecular formula is C30H34N6O3. The summed E-state index contributed by atoms with van der Waals surface area (Å²) in [4.78, 5) is 46.4. The molecule has 1 aliphatic carbocycles. The predicted octanol–water partition coefficient (Wildman–Crippen LogP) is 4.72. The van der Waals surface area contributed by atoms with E-state index in [0.29, 0.717) is 54.4 Å². The molecule has 0 atom stereocenters. The average molecular weight is 527 g/mol. The zero-order chi connectivity index (χ0) is 27.4. The molecule has 2 aliphatic rings. The molecule has 3 aromatic rings. The van der Waals surface area contributed by atoms with Crippen molar-refractivity contribution < 1.29 is 14.4 Å². The number of likely N-dealkylation sites (tertiary alicyclic amines) is 1. The molecule has 1 aromatic heterocycles. The Morgan fingerprint density at radius 1 is 1.10 bits per heavy atom. The van der Waals surface area contributed by atoms with Gasteiger partial charge < -0.3 is 14.4 Å². The highest BCUT2D eigenvalue weighted by atomic mass is 16.2. The van der Waals surface area contributed by atoms with Crippen LogP contribution >= 0.6 is 0 Å². The van der Waals surface area contributed by atoms with Gasteiger partial charge in [0, 0.05) is 50.8 Å². The Morgan fingerprint density at radius 3 is 2.56 bits per heavy atom. The summed E-state index contributed by atoms with van der Waals surface area (Å²) in [6.07, 6.45) is 7.43. The number of fused-ring (bicyclic) bond motifs is 1. The van der Waals surface area contributed by atoms with Gasteiger partial charge in [-0.05, 0) is 74.1 Å². The number of amides is 3. The lowest BCUT2D eigenvalue weighted by atomic mass is 10.0. The fourth-order valence-corrected chi connectivity index (χ4v) is 5.62. The standard InChI is InChI=1S/C30H34N6O3/c1-34(28(38)18-21-6-2-3-7-21)24-13-14-26-25(19-24)32-30(33-29(39)23-11-9-22(20-31)10-12-23)36(26)17-5-16-35-15-4-8-27(35)37/h9-14,19,21H,2-8,15-18H2,1H3,(H,32,33,39). The topological polar surface area (TPSA) is 111 Å². The number of rotatable bonds is 9. The number of benzene rings is 2. The summed E-state index contributed by atoms with van der Waals surface area (Å²) in [5.74, 6) is 0.841. The molecule has 2 aromatic carbocycles. The quantitative estimate of drug-likeness (QED) is 0.434. The fourth-order valence-electron chi connectivity index (χ4n) is 5.62. The molecule has 202 valence electrons. The van der Waals surface area contributed by atoms with Gasteiger partial charge in [0.2, 0.25) is 17.8 Å². The molecule has 0 radical (unpaired) electrons. The summed E-state index contributed by atoms with van der Waals surface area (Å²) in [5.41, 5.74) is 3.20. The van der Waals surface area contributed by atoms with Gasteiger partial charge in [-0.1, -0.05) is 12.8 Å². The van der Waals surface area contributed by atoms with E-state index in [1.807, 2.05) is 27.7 Å². The van der Waals surface area contributed by atoms with E-state index in [4.69, 9.17) is 10.2 Å². The zero-order valence-electron chi connectivity index (χ0n) is 22.4. The molecule has 1 N–H and O–H groups in total. The first-order valence-electron chi connectivity index (χ1n) is 13.8. The minimum absolute atomic E-state index is 0.102. The zero-order valence-corrected chi connectivity index (χ0v) is 22.4. The molecule has 39 heavy (non-hydrogen) atoms. The van der Waals surface area contributed by atoms with Gasteiger partial charge in [0.05, 0.1) is 22.7 Å². The maximum Gasteiger partial charge on any atom is 0.257 e. The molecule has 9 heteroatoms. The highest BCUT2D eigenvalue weighted by Crippen LogP contribution is 2.30. The van der Waals surface area contributed by atoms with Gasteiger partial charge in [-0.2, -0.15) is 5.26 Å². The van der Waals surface area contributed by atoms with Crippen LogP contribution in [-0.2, 0) is 16.1 Å². The number of hydrogen-bond acceptors (Lipinski definition) is 5. The molecule has 9 nitrogen and oxygen atoms in total. The Bertz CT molecular complexity index is 1410. The third kappa shape index (κ3) is 5.95. The normalized spacial score (nSPS) is 15.6. The van der Waals surface area contributed by atoms with Gasteiger partial charge >= 0.3 is 0 Å². The molecule has 3 amide bonds. The fraction of sp³-hybridized carbons (Fsp3) is 0.433. The van der Waals surface area contributed by atoms with Gasteiger partial charge in [-0.25, -0.2) is 4.98 Å². The van der Waals surface area contributed by atoms with Crippen LogP contribution in [0.3, 0.4) is 0 Å². The highest BCUT2D eigenvalue weighted by Gasteiger charge is 2.23. The molecule has 1 saturated heterocycles. The number of nitrogens with zero attached hydrogens (tertiary/aromatic N) is 5. The van der Waals surface area contributed by atoms with E-state index in [9.17, 15) is 14.4 Å². The monoisotopic (exact) mass is 526 g/mol. The van der Waals surface area contributed by atoms with Crippen LogP contribution in [0.15, 0.2) is 42.5 Å². The molecule has 1 saturated carbocycles. The van der Waals surface area contributed by atoms with Crippen molar-refractivity contribution in [2.24, 2.45) is 5.92 Å². The summed E-state index contributed by atoms with van der Waals surface area (Å²) in [7, 11) is 1.80. The molecule has 0 spiro atoms. The summed E-state index contributed by atoms with van der Waals surface area (Å²) in [6.45, 7) is 2.01. The Kier molecular flexibility index (Phi) is 7.92. The van der Waals surface area contributed by atoms with E-state index < -0.39 is 0 Å². The third-order valence-corrected chi connectivity index (χ3v) is 7.91. The van der Waals surface area contributed by atoms with Crippen molar-refractivity contribution in [1.82, 2.24) is 14.5 Å². The van der Waals surface area contributed by atoms with E-state index in [1.165, 1.54) is 12.8 Å². The molecule has 0 bridgehead atoms. The van der Waals surface area contributed by atoms with Crippen LogP contribution in [0.1, 0.15) is 67.3 Å². The van der Waals surface area contributed by atoms with Crippen LogP contribution in [0.2, 0.25) is 0 Å². The van der Waals surface area contributed by atoms with E-state index >= 15 is 0 Å². The first-order chi connectivity index (χ1) is 18.9. The average Bonchev–Trinajstić information content (AvgIpc) is 3.69. The Labute approximate surface area is 228 Å². The van der Waals surface area contributed by atoms with Crippen molar-refractivity contribution >= 4 is 40.4 Å². The number of aryl methyl sites for hydroxylation is 1. The van der Waals surface area contributed by atoms with Gasteiger partial charge in [0.1, 0.15) is 0 Å². The van der Waals surface area contributed by atoms with Crippen LogP contribution in [0.25, 0.3) is 11.0 Å². The second kappa shape index (κ2) is 11.7. The van der Waals surface area contributed by atoms with Gasteiger partial charge in [-0.15, -0.1) is 0 Å². The SMILES string of the molecule is CN(C(=O)CC1CCCC1)c1ccc2c(c1)nc(NC(=O)c1ccc(C#N)cc1)n2CCCN1CCCC1=O. The van der Waals surface area contributed by atoms with Crippen molar-refractivity contribution in [3.8, 4) is 6.07 Å². The molecule has 2 fully saturated rings. The molecule has 5 rings (SSSR count). The van der Waals surface area contributed by atoms with E-state index in [2.05, 4.69) is 11.4 Å². The Morgan fingerprint density at radius 2 is 1.87 bits per heavy atom. The lowest BCUT2D eigenvalue weighted by molar-refractivity contribution is -0.127. The van der Waals surface area contributed by atoms with Crippen molar-refractivity contribution in [2.45, 2.75) is 57.9 Å². The predicted molar refractivity (Wildman–Crippen MR) is 149 cm³/mol. The lowest BCUT2D eigenvalue weighted by Crippen LogP contribution is -2.27. The summed E-state index contributed by atoms with van der Waals surface area (Å²) in [5, 5.41) is 12.0. The number of aromatic nitrogens is 2. The first-order valence-corrected chi connectivity index (χ1v) is 13.8. The van der Waals surface area contributed by atoms with Crippen molar-refractivity contribution in [3.05, 3.63) is 53.6 Å². The number of anilines is 2. The van der Waals surface area contributed by atoms with Crippen LogP contribution in [-0.4, -0.2) is 52.3 Å². The largest absolute Gasteiger partial charge is 0.343 e. The summed E-state index contributed by atoms with van der Waals surface area (Å²) in [6, 6.07) is 14.2. The molecular weight excluding hydrogens is 492 g/mol. The number of hydrogen-bond donors (Lipinski definition) is 1. The second-order valence-electron chi connectivity index (χ2n) is 10.5. The second-order valence-corrected chi connectivity index (χ2v) is 10.5. The van der Waals surface area contributed by atoms with Crippen LogP contribution < -0.4 is 10.2 Å². The summed E-state index contributed by atoms with van der Waals surface area (Å²) >= 11 is 0. The minimum atomic E-state index is -0.324. The number of imidazole rings is 1. The highest BCUT2D eigenvalue weighted by molar-refractivity contribution is 6.04. The van der Waals surface area contributed by atoms with Crippen LogP contribution in [0, 0.1) is 17.2 Å². The van der Waals surface area contributed by atoms with E-state index in [1.54, 1.807) is 36.2 Å². The summed E-state index contributed by atoms with van der Waals surface area (Å²) < 4.78 is 1.96. The smallest absolute Gasteiger partial charge is 0.257 e. The maximum absolute atomic E-state index is 13.0. The van der Waals surface area contributed by atoms with Crippen LogP contribution in [0.4, 0.5) is 11.6 Å². The Hall–Kier alpha value is -4.19. The van der Waals surface area contributed by atoms with Crippen molar-refractivity contribution in [2.75, 3.05) is 30.4 Å². The molecule has 1 aliphatic heterocycles. The van der Waals surface area contributed by atoms with Crippen molar-refractivity contribution in [3.63, 3.8) is 0 Å². The van der Waals surface area contributed by atoms with Gasteiger partial charge in [0.25, 0.3) is 5.91 Å². The minimum Gasteiger partial charge on any atom is -0.343 e. The third-order valence-electron chi connectivity index (χ3n) is 7.91. The molecule has 2 heterocycles. The van der Waals surface area contributed by atoms with E-state index in [-0.39, 0.29) is 17.7 Å². The number of nitriles is 1. The first kappa shape index (κ1) is 26.4. The van der Waals surface area contributed by atoms with E-state index in [0.717, 1.165) is 43.4 Å². The number of nitrogens with one attached hydrogen (secondary N) is 1. The molecule has 0 unspecified atom stereocenters. The van der Waals surface area contributed by atoms with Crippen molar-refractivity contribution in [1.29, 1.82) is 5.26 Å². The lowest BCUT2D eigenvalue weighted by Gasteiger charge is -2.19. The van der Waals surface area contributed by atoms with Gasteiger partial charge in [-0.3, -0.25) is 19.7 Å². The number of carbonyl (C=O) groups is 3. The number of carbonyl (C=O) groups excluding carboxylic acids is 3. The van der Waals surface area contributed by atoms with Gasteiger partial charge in [0.15, 0.2) is 0 Å².